The van der Waals surface area contributed by atoms with Gasteiger partial charge in [0.25, 0.3) is 0 Å². The van der Waals surface area contributed by atoms with Gasteiger partial charge in [-0.2, -0.15) is 0 Å². The van der Waals surface area contributed by atoms with Gasteiger partial charge in [-0.1, -0.05) is 24.0 Å². The molecule has 0 unspecified atom stereocenters. The van der Waals surface area contributed by atoms with Gasteiger partial charge in [-0.15, -0.1) is 0 Å². The molecular formula is C16H15FO. The minimum Gasteiger partial charge on any atom is -0.493 e. The fraction of sp³-hybridized carbons (Fsp3) is 0.250. The van der Waals surface area contributed by atoms with Crippen LogP contribution in [0, 0.1) is 48.3 Å². The first-order chi connectivity index (χ1) is 8.67. The van der Waals surface area contributed by atoms with E-state index in [4.69, 9.17) is 4.74 Å². The number of halogens is 1. The van der Waals surface area contributed by atoms with Gasteiger partial charge in [-0.05, 0) is 56.1 Å². The molecule has 0 N–H and O–H groups in total. The molecule has 1 nitrogen and oxygen atoms in total. The number of aryl methyl sites for hydroxylation is 1. The average Bonchev–Trinajstić information content (AvgIpc) is 2.36. The van der Waals surface area contributed by atoms with Crippen molar-refractivity contribution in [2.24, 2.45) is 0 Å². The third kappa shape index (κ3) is 6.26. The molecule has 1 rings (SSSR count). The van der Waals surface area contributed by atoms with Gasteiger partial charge in [0.1, 0.15) is 0 Å². The minimum absolute atomic E-state index is 0.303. The Balaban J connectivity index is 0.000000331. The maximum absolute atomic E-state index is 12.7. The zero-order valence-electron chi connectivity index (χ0n) is 11.0. The second-order valence-corrected chi connectivity index (χ2v) is 3.09. The van der Waals surface area contributed by atoms with Gasteiger partial charge in [0.15, 0.2) is 11.6 Å². The van der Waals surface area contributed by atoms with Crippen LogP contribution in [0.4, 0.5) is 4.39 Å². The Morgan fingerprint density at radius 1 is 1.00 bits per heavy atom. The summed E-state index contributed by atoms with van der Waals surface area (Å²) in [5, 5.41) is 0. The topological polar surface area (TPSA) is 9.23 Å². The van der Waals surface area contributed by atoms with Crippen molar-refractivity contribution in [1.29, 1.82) is 0 Å². The third-order valence-electron chi connectivity index (χ3n) is 1.81. The van der Waals surface area contributed by atoms with E-state index in [-0.39, 0.29) is 5.82 Å². The van der Waals surface area contributed by atoms with Gasteiger partial charge in [0.05, 0.1) is 7.11 Å². The third-order valence-corrected chi connectivity index (χ3v) is 1.81. The summed E-state index contributed by atoms with van der Waals surface area (Å²) in [7, 11) is 1.46. The Morgan fingerprint density at radius 2 is 1.56 bits per heavy atom. The van der Waals surface area contributed by atoms with Gasteiger partial charge >= 0.3 is 0 Å². The summed E-state index contributed by atoms with van der Waals surface area (Å²) in [4.78, 5) is 0. The number of hydrogen-bond donors (Lipinski definition) is 0. The monoisotopic (exact) mass is 242 g/mol. The number of ether oxygens (including phenoxy) is 1. The Morgan fingerprint density at radius 3 is 1.89 bits per heavy atom. The van der Waals surface area contributed by atoms with Crippen molar-refractivity contribution in [2.45, 2.75) is 20.8 Å². The highest BCUT2D eigenvalue weighted by atomic mass is 19.1. The molecule has 2 heteroatoms. The van der Waals surface area contributed by atoms with Crippen molar-refractivity contribution in [3.8, 4) is 41.3 Å². The zero-order chi connectivity index (χ0) is 13.8. The Hall–Kier alpha value is -2.37. The second-order valence-electron chi connectivity index (χ2n) is 3.09. The second kappa shape index (κ2) is 9.83. The Bertz CT molecular complexity index is 510. The number of rotatable bonds is 1. The highest BCUT2D eigenvalue weighted by molar-refractivity contribution is 5.34. The van der Waals surface area contributed by atoms with Crippen LogP contribution in [0.3, 0.4) is 0 Å². The molecule has 0 atom stereocenters. The van der Waals surface area contributed by atoms with Crippen LogP contribution in [-0.2, 0) is 0 Å². The zero-order valence-corrected chi connectivity index (χ0v) is 11.0. The van der Waals surface area contributed by atoms with Crippen LogP contribution < -0.4 is 4.74 Å². The van der Waals surface area contributed by atoms with E-state index in [1.807, 2.05) is 13.0 Å². The van der Waals surface area contributed by atoms with Gasteiger partial charge in [0.2, 0.25) is 0 Å². The van der Waals surface area contributed by atoms with E-state index >= 15 is 0 Å². The summed E-state index contributed by atoms with van der Waals surface area (Å²) in [6.07, 6.45) is 0. The Labute approximate surface area is 108 Å². The molecule has 1 aromatic carbocycles. The largest absolute Gasteiger partial charge is 0.493 e. The smallest absolute Gasteiger partial charge is 0.165 e. The fourth-order valence-corrected chi connectivity index (χ4v) is 1.06. The van der Waals surface area contributed by atoms with Crippen molar-refractivity contribution < 1.29 is 9.13 Å². The van der Waals surface area contributed by atoms with Gasteiger partial charge in [0, 0.05) is 0 Å². The Kier molecular flexibility index (Phi) is 8.53. The van der Waals surface area contributed by atoms with E-state index in [2.05, 4.69) is 35.5 Å². The molecule has 0 aliphatic heterocycles. The molecule has 0 amide bonds. The lowest BCUT2D eigenvalue weighted by atomic mass is 10.2. The van der Waals surface area contributed by atoms with Crippen LogP contribution in [0.5, 0.6) is 5.75 Å². The van der Waals surface area contributed by atoms with Crippen molar-refractivity contribution in [1.82, 2.24) is 0 Å². The summed E-state index contributed by atoms with van der Waals surface area (Å²) in [6, 6.07) is 4.85. The van der Waals surface area contributed by atoms with Crippen molar-refractivity contribution >= 4 is 0 Å². The quantitative estimate of drug-likeness (QED) is 0.687. The highest BCUT2D eigenvalue weighted by Crippen LogP contribution is 2.20. The molecule has 18 heavy (non-hydrogen) atoms. The first-order valence-electron chi connectivity index (χ1n) is 5.30. The molecule has 0 aromatic heterocycles. The minimum atomic E-state index is -0.303. The molecule has 0 fully saturated rings. The predicted octanol–water partition coefficient (Wildman–Crippen LogP) is 3.18. The summed E-state index contributed by atoms with van der Waals surface area (Å²) in [5.41, 5.74) is 0.822. The first-order valence-corrected chi connectivity index (χ1v) is 5.30. The van der Waals surface area contributed by atoms with E-state index in [0.717, 1.165) is 5.56 Å². The van der Waals surface area contributed by atoms with Crippen LogP contribution in [-0.4, -0.2) is 7.11 Å². The van der Waals surface area contributed by atoms with Crippen molar-refractivity contribution in [3.05, 3.63) is 29.6 Å². The molecule has 0 heterocycles. The lowest BCUT2D eigenvalue weighted by Crippen LogP contribution is -1.89. The highest BCUT2D eigenvalue weighted by Gasteiger charge is 2.02. The molecule has 0 aliphatic carbocycles. The van der Waals surface area contributed by atoms with Crippen molar-refractivity contribution in [2.75, 3.05) is 7.11 Å². The molecular weight excluding hydrogens is 227 g/mol. The summed E-state index contributed by atoms with van der Waals surface area (Å²) in [5.74, 6) is 15.5. The van der Waals surface area contributed by atoms with Crippen LogP contribution >= 0.6 is 0 Å². The summed E-state index contributed by atoms with van der Waals surface area (Å²) in [6.45, 7) is 5.30. The number of benzene rings is 1. The summed E-state index contributed by atoms with van der Waals surface area (Å²) < 4.78 is 17.5. The van der Waals surface area contributed by atoms with Crippen LogP contribution in [0.15, 0.2) is 18.2 Å². The summed E-state index contributed by atoms with van der Waals surface area (Å²) >= 11 is 0. The normalized spacial score (nSPS) is 6.94. The predicted molar refractivity (Wildman–Crippen MR) is 72.4 cm³/mol. The van der Waals surface area contributed by atoms with Gasteiger partial charge in [-0.25, -0.2) is 4.39 Å². The van der Waals surface area contributed by atoms with E-state index in [1.54, 1.807) is 19.9 Å². The molecule has 1 aromatic rings. The van der Waals surface area contributed by atoms with E-state index in [0.29, 0.717) is 5.75 Å². The molecule has 0 saturated heterocycles. The lowest BCUT2D eigenvalue weighted by Gasteiger charge is -2.03. The maximum atomic E-state index is 12.7. The van der Waals surface area contributed by atoms with Gasteiger partial charge in [-0.3, -0.25) is 0 Å². The van der Waals surface area contributed by atoms with Crippen LogP contribution in [0.25, 0.3) is 0 Å². The molecule has 0 aliphatic rings. The number of hydrogen-bond acceptors (Lipinski definition) is 1. The molecule has 0 saturated carbocycles. The standard InChI is InChI=1S/C8H9FO.C8H6/c1-6-4-3-5-7(9)8(6)10-2;1-3-5-7-8-6-4-2/h3-5H,1-2H3;1-2H3. The average molecular weight is 242 g/mol. The first kappa shape index (κ1) is 15.6. The molecule has 0 spiro atoms. The number of methoxy groups -OCH3 is 1. The van der Waals surface area contributed by atoms with E-state index < -0.39 is 0 Å². The molecule has 92 valence electrons. The van der Waals surface area contributed by atoms with Crippen LogP contribution in [0.2, 0.25) is 0 Å². The maximum Gasteiger partial charge on any atom is 0.165 e. The van der Waals surface area contributed by atoms with Gasteiger partial charge < -0.3 is 4.74 Å². The van der Waals surface area contributed by atoms with Crippen molar-refractivity contribution in [3.63, 3.8) is 0 Å². The molecule has 0 bridgehead atoms. The molecule has 0 radical (unpaired) electrons. The fourth-order valence-electron chi connectivity index (χ4n) is 1.06. The lowest BCUT2D eigenvalue weighted by molar-refractivity contribution is 0.383. The van der Waals surface area contributed by atoms with E-state index in [1.165, 1.54) is 13.2 Å². The SMILES string of the molecule is CC#CC#CC#CC.COc1c(C)cccc1F. The number of para-hydroxylation sites is 1. The van der Waals surface area contributed by atoms with E-state index in [9.17, 15) is 4.39 Å². The van der Waals surface area contributed by atoms with Crippen LogP contribution in [0.1, 0.15) is 19.4 Å².